The first-order chi connectivity index (χ1) is 1.00. The molecule has 0 aromatic rings. The summed E-state index contributed by atoms with van der Waals surface area (Å²) >= 11 is 0. The van der Waals surface area contributed by atoms with E-state index in [0.717, 1.165) is 0 Å². The van der Waals surface area contributed by atoms with Gasteiger partial charge in [-0.05, 0) is 0 Å². The summed E-state index contributed by atoms with van der Waals surface area (Å²) in [5.41, 5.74) is 0. The Morgan fingerprint density at radius 2 is 1.25 bits per heavy atom. The molecule has 0 rings (SSSR count). The van der Waals surface area contributed by atoms with Crippen molar-refractivity contribution < 1.29 is 36.9 Å². The summed E-state index contributed by atoms with van der Waals surface area (Å²) in [5.74, 6) is 0. The molecule has 0 bridgehead atoms. The Balaban J connectivity index is -0.00000000500. The van der Waals surface area contributed by atoms with Gasteiger partial charge >= 0.3 is 0 Å². The quantitative estimate of drug-likeness (QED) is 0.413. The minimum absolute atomic E-state index is 0. The van der Waals surface area contributed by atoms with Gasteiger partial charge in [0.15, 0.2) is 0 Å². The van der Waals surface area contributed by atoms with Gasteiger partial charge in [0.05, 0.1) is 0 Å². The van der Waals surface area contributed by atoms with Gasteiger partial charge in [0.1, 0.15) is 7.57 Å². The molecule has 0 N–H and O–H groups in total. The zero-order chi connectivity index (χ0) is 2.00. The van der Waals surface area contributed by atoms with Gasteiger partial charge in [-0.1, -0.05) is 0 Å². The van der Waals surface area contributed by atoms with E-state index >= 15 is 0 Å². The van der Waals surface area contributed by atoms with Crippen molar-refractivity contribution in [3.63, 3.8) is 0 Å². The van der Waals surface area contributed by atoms with Crippen LogP contribution in [-0.4, -0.2) is 7.57 Å². The molecule has 0 saturated carbocycles. The Morgan fingerprint density at radius 1 is 1.25 bits per heavy atom. The van der Waals surface area contributed by atoms with Crippen LogP contribution in [0.5, 0.6) is 0 Å². The molecule has 0 amide bonds. The zero-order valence-electron chi connectivity index (χ0n) is 2.27. The molecule has 1 atom stereocenters. The van der Waals surface area contributed by atoms with E-state index in [0.29, 0.717) is 0 Å². The van der Waals surface area contributed by atoms with E-state index in [-0.39, 0.29) is 36.9 Å². The number of rotatable bonds is 0. The third-order valence-corrected chi connectivity index (χ3v) is 0. The Bertz CT molecular complexity index is 8.00. The fourth-order valence-corrected chi connectivity index (χ4v) is 0. The van der Waals surface area contributed by atoms with E-state index in [4.69, 9.17) is 0 Å². The molecular weight excluding hydrogens is 287 g/mol. The second-order valence-corrected chi connectivity index (χ2v) is 0. The molecule has 0 aliphatic heterocycles. The van der Waals surface area contributed by atoms with Crippen molar-refractivity contribution in [2.45, 2.75) is 0 Å². The minimum Gasteiger partial charge on any atom is -0.179 e. The maximum absolute atomic E-state index is 2.42. The fraction of sp³-hybridized carbons (Fsp3) is 0. The van der Waals surface area contributed by atoms with Crippen molar-refractivity contribution in [2.24, 2.45) is 0 Å². The smallest absolute Gasteiger partial charge is 0.126 e. The summed E-state index contributed by atoms with van der Waals surface area (Å²) in [4.78, 5) is 0. The Hall–Kier alpha value is 1.65. The van der Waals surface area contributed by atoms with Gasteiger partial charge in [0.25, 0.3) is 0 Å². The molecule has 1 unspecified atom stereocenters. The molecule has 0 aliphatic rings. The SMILES string of the molecule is BP.[Ni].[Re]. The minimum atomic E-state index is 0. The molecule has 0 aromatic heterocycles. The summed E-state index contributed by atoms with van der Waals surface area (Å²) < 4.78 is 0. The van der Waals surface area contributed by atoms with Gasteiger partial charge in [-0.2, -0.15) is 9.12 Å². The molecule has 0 aliphatic carbocycles. The van der Waals surface area contributed by atoms with Crippen LogP contribution in [0.2, 0.25) is 0 Å². The van der Waals surface area contributed by atoms with E-state index < -0.39 is 0 Å². The van der Waals surface area contributed by atoms with Gasteiger partial charge in [-0.15, -0.1) is 0 Å². The van der Waals surface area contributed by atoms with E-state index in [1.165, 1.54) is 0 Å². The van der Waals surface area contributed by atoms with Gasteiger partial charge in [0, 0.05) is 36.9 Å². The first-order valence-corrected chi connectivity index (χ1v) is 1.73. The van der Waals surface area contributed by atoms with Crippen molar-refractivity contribution >= 4 is 16.7 Å². The maximum atomic E-state index is 2.42. The Kier molecular flexibility index (Phi) is 98.9. The third-order valence-electron chi connectivity index (χ3n) is 0. The maximum Gasteiger partial charge on any atom is 0.126 e. The molecule has 0 fully saturated rings. The molecule has 0 spiro atoms. The van der Waals surface area contributed by atoms with Gasteiger partial charge in [-0.3, -0.25) is 0 Å². The van der Waals surface area contributed by atoms with Crippen LogP contribution >= 0.6 is 9.12 Å². The van der Waals surface area contributed by atoms with Crippen molar-refractivity contribution in [2.75, 3.05) is 0 Å². The van der Waals surface area contributed by atoms with E-state index in [9.17, 15) is 0 Å². The fourth-order valence-electron chi connectivity index (χ4n) is 0. The van der Waals surface area contributed by atoms with Gasteiger partial charge in [0.2, 0.25) is 0 Å². The molecule has 0 aromatic carbocycles. The van der Waals surface area contributed by atoms with Crippen molar-refractivity contribution in [3.05, 3.63) is 0 Å². The zero-order valence-corrected chi connectivity index (χ0v) is 7.13. The summed E-state index contributed by atoms with van der Waals surface area (Å²) in [7, 11) is 4.33. The van der Waals surface area contributed by atoms with Crippen LogP contribution in [0, 0.1) is 0 Å². The molecule has 0 saturated heterocycles. The number of hydrogen-bond donors (Lipinski definition) is 0. The summed E-state index contributed by atoms with van der Waals surface area (Å²) in [6, 6.07) is 0. The third kappa shape index (κ3) is 9.41. The largest absolute Gasteiger partial charge is 0.179 e. The summed E-state index contributed by atoms with van der Waals surface area (Å²) in [6.07, 6.45) is 0. The molecule has 29 valence electrons. The van der Waals surface area contributed by atoms with E-state index in [1.54, 1.807) is 0 Å². The summed E-state index contributed by atoms with van der Waals surface area (Å²) in [5, 5.41) is 0. The molecule has 0 heterocycles. The number of hydrogen-bond acceptors (Lipinski definition) is 0. The first kappa shape index (κ1) is 17.4. The van der Waals surface area contributed by atoms with Crippen LogP contribution < -0.4 is 0 Å². The second kappa shape index (κ2) is 22.7. The van der Waals surface area contributed by atoms with Crippen molar-refractivity contribution in [3.8, 4) is 0 Å². The standard InChI is InChI=1S/BH4P.Ni.Re/c1-2;;/h1-2H2;;. The molecule has 4 heavy (non-hydrogen) atoms. The second-order valence-electron chi connectivity index (χ2n) is 0. The van der Waals surface area contributed by atoms with Crippen LogP contribution in [0.3, 0.4) is 0 Å². The molecule has 0 nitrogen and oxygen atoms in total. The predicted octanol–water partition coefficient (Wildman–Crippen LogP) is -0.595. The van der Waals surface area contributed by atoms with Crippen LogP contribution in [0.1, 0.15) is 0 Å². The monoisotopic (exact) mass is 291 g/mol. The molecule has 1 radical (unpaired) electrons. The Labute approximate surface area is 53.6 Å². The molecular formula is H4BNiPRe. The Morgan fingerprint density at radius 3 is 1.25 bits per heavy atom. The predicted molar refractivity (Wildman–Crippen MR) is 18.3 cm³/mol. The van der Waals surface area contributed by atoms with Crippen LogP contribution in [-0.2, 0) is 36.9 Å². The normalized spacial score (nSPS) is 1.25. The van der Waals surface area contributed by atoms with Gasteiger partial charge in [-0.25, -0.2) is 0 Å². The van der Waals surface area contributed by atoms with E-state index in [2.05, 4.69) is 9.12 Å². The van der Waals surface area contributed by atoms with E-state index in [1.807, 2.05) is 7.57 Å². The van der Waals surface area contributed by atoms with Crippen LogP contribution in [0.25, 0.3) is 0 Å². The van der Waals surface area contributed by atoms with Crippen LogP contribution in [0.15, 0.2) is 0 Å². The summed E-state index contributed by atoms with van der Waals surface area (Å²) in [6.45, 7) is 0. The van der Waals surface area contributed by atoms with Crippen molar-refractivity contribution in [1.82, 2.24) is 0 Å². The average molecular weight is 291 g/mol. The van der Waals surface area contributed by atoms with Crippen LogP contribution in [0.4, 0.5) is 0 Å². The molecule has 4 heteroatoms. The van der Waals surface area contributed by atoms with Gasteiger partial charge < -0.3 is 0 Å². The average Bonchev–Trinajstić information content (AvgIpc) is 1.00. The van der Waals surface area contributed by atoms with Crippen molar-refractivity contribution in [1.29, 1.82) is 0 Å². The first-order valence-electron chi connectivity index (χ1n) is 0.577. The topological polar surface area (TPSA) is 0 Å².